The van der Waals surface area contributed by atoms with Crippen LogP contribution in [0.1, 0.15) is 12.8 Å². The number of aromatic nitrogens is 2. The summed E-state index contributed by atoms with van der Waals surface area (Å²) in [5.74, 6) is -0.187. The molecule has 154 valence electrons. The Morgan fingerprint density at radius 3 is 2.59 bits per heavy atom. The van der Waals surface area contributed by atoms with Crippen LogP contribution >= 0.6 is 0 Å². The van der Waals surface area contributed by atoms with Crippen molar-refractivity contribution in [2.24, 2.45) is 5.73 Å². The molecule has 0 radical (unpaired) electrons. The molecule has 0 spiro atoms. The largest absolute Gasteiger partial charge is 0.370 e. The van der Waals surface area contributed by atoms with Crippen LogP contribution in [-0.4, -0.2) is 66.2 Å². The maximum Gasteiger partial charge on any atom is 0.241 e. The highest BCUT2D eigenvalue weighted by atomic mass is 19.1. The van der Waals surface area contributed by atoms with E-state index in [1.165, 1.54) is 29.2 Å². The van der Waals surface area contributed by atoms with E-state index in [0.29, 0.717) is 12.2 Å². The number of nitrogens with zero attached hydrogens (tertiary/aromatic N) is 5. The average molecular weight is 400 g/mol. The summed E-state index contributed by atoms with van der Waals surface area (Å²) >= 11 is 0. The van der Waals surface area contributed by atoms with Crippen molar-refractivity contribution >= 4 is 23.3 Å². The molecule has 9 heteroatoms. The van der Waals surface area contributed by atoms with Gasteiger partial charge in [-0.05, 0) is 42.8 Å². The number of nitrogens with two attached hydrogens (primary N) is 1. The van der Waals surface area contributed by atoms with E-state index >= 15 is 0 Å². The van der Waals surface area contributed by atoms with Gasteiger partial charge in [0.15, 0.2) is 5.82 Å². The number of rotatable bonds is 7. The van der Waals surface area contributed by atoms with Crippen molar-refractivity contribution in [3.05, 3.63) is 48.4 Å². The van der Waals surface area contributed by atoms with E-state index < -0.39 is 5.91 Å². The summed E-state index contributed by atoms with van der Waals surface area (Å²) in [6.45, 7) is 3.44. The van der Waals surface area contributed by atoms with Gasteiger partial charge in [-0.3, -0.25) is 14.5 Å². The van der Waals surface area contributed by atoms with Crippen LogP contribution in [0.3, 0.4) is 0 Å². The molecule has 3 rings (SSSR count). The minimum atomic E-state index is -0.487. The van der Waals surface area contributed by atoms with Gasteiger partial charge in [0.2, 0.25) is 11.8 Å². The number of benzene rings is 1. The quantitative estimate of drug-likeness (QED) is 0.746. The molecule has 0 aliphatic carbocycles. The molecule has 0 bridgehead atoms. The first-order chi connectivity index (χ1) is 14.0. The molecular weight excluding hydrogens is 375 g/mol. The smallest absolute Gasteiger partial charge is 0.241 e. The van der Waals surface area contributed by atoms with Gasteiger partial charge in [-0.2, -0.15) is 5.10 Å². The van der Waals surface area contributed by atoms with Crippen molar-refractivity contribution in [1.82, 2.24) is 15.1 Å². The van der Waals surface area contributed by atoms with E-state index in [-0.39, 0.29) is 31.2 Å². The number of carbonyl (C=O) groups excluding carboxylic acids is 2. The molecule has 1 saturated heterocycles. The molecule has 0 unspecified atom stereocenters. The van der Waals surface area contributed by atoms with E-state index in [0.717, 1.165) is 31.9 Å². The highest BCUT2D eigenvalue weighted by Gasteiger charge is 2.22. The predicted octanol–water partition coefficient (Wildman–Crippen LogP) is 1.04. The highest BCUT2D eigenvalue weighted by molar-refractivity contribution is 5.95. The lowest BCUT2D eigenvalue weighted by Gasteiger charge is -2.27. The minimum Gasteiger partial charge on any atom is -0.370 e. The molecule has 2 amide bonds. The van der Waals surface area contributed by atoms with Gasteiger partial charge < -0.3 is 15.5 Å². The molecule has 8 nitrogen and oxygen atoms in total. The van der Waals surface area contributed by atoms with E-state index in [4.69, 9.17) is 5.73 Å². The number of halogens is 1. The fourth-order valence-electron chi connectivity index (χ4n) is 3.34. The van der Waals surface area contributed by atoms with Crippen molar-refractivity contribution in [3.63, 3.8) is 0 Å². The van der Waals surface area contributed by atoms with Gasteiger partial charge >= 0.3 is 0 Å². The monoisotopic (exact) mass is 400 g/mol. The van der Waals surface area contributed by atoms with Crippen LogP contribution in [0.5, 0.6) is 0 Å². The molecule has 2 aromatic rings. The Labute approximate surface area is 169 Å². The van der Waals surface area contributed by atoms with Crippen LogP contribution in [0.15, 0.2) is 42.6 Å². The summed E-state index contributed by atoms with van der Waals surface area (Å²) < 4.78 is 13.3. The first-order valence-corrected chi connectivity index (χ1v) is 9.62. The van der Waals surface area contributed by atoms with Crippen LogP contribution in [-0.2, 0) is 9.59 Å². The summed E-state index contributed by atoms with van der Waals surface area (Å²) in [6.07, 6.45) is 2.58. The molecule has 0 atom stereocenters. The SMILES string of the molecule is NC(=O)CCN(C(=O)CN1CCCN(c2cccnn2)CC1)c1ccc(F)cc1. The van der Waals surface area contributed by atoms with E-state index in [1.54, 1.807) is 6.20 Å². The molecule has 1 aromatic carbocycles. The lowest BCUT2D eigenvalue weighted by atomic mass is 10.2. The van der Waals surface area contributed by atoms with Gasteiger partial charge in [0.25, 0.3) is 0 Å². The van der Waals surface area contributed by atoms with Crippen molar-refractivity contribution in [2.45, 2.75) is 12.8 Å². The Morgan fingerprint density at radius 2 is 1.90 bits per heavy atom. The molecule has 2 heterocycles. The molecule has 1 aliphatic heterocycles. The van der Waals surface area contributed by atoms with Crippen molar-refractivity contribution < 1.29 is 14.0 Å². The van der Waals surface area contributed by atoms with Crippen LogP contribution in [0.2, 0.25) is 0 Å². The normalized spacial score (nSPS) is 15.0. The van der Waals surface area contributed by atoms with Gasteiger partial charge in [0.05, 0.1) is 6.54 Å². The summed E-state index contributed by atoms with van der Waals surface area (Å²) in [4.78, 5) is 29.9. The van der Waals surface area contributed by atoms with E-state index in [2.05, 4.69) is 20.0 Å². The lowest BCUT2D eigenvalue weighted by molar-refractivity contribution is -0.120. The summed E-state index contributed by atoms with van der Waals surface area (Å²) in [5, 5.41) is 8.08. The molecular formula is C20H25FN6O2. The number of hydrogen-bond acceptors (Lipinski definition) is 6. The Bertz CT molecular complexity index is 817. The molecule has 1 aliphatic rings. The van der Waals surface area contributed by atoms with Gasteiger partial charge in [0.1, 0.15) is 5.82 Å². The average Bonchev–Trinajstić information content (AvgIpc) is 2.95. The fourth-order valence-corrected chi connectivity index (χ4v) is 3.34. The molecule has 29 heavy (non-hydrogen) atoms. The van der Waals surface area contributed by atoms with Crippen molar-refractivity contribution in [3.8, 4) is 0 Å². The van der Waals surface area contributed by atoms with Crippen molar-refractivity contribution in [1.29, 1.82) is 0 Å². The number of anilines is 2. The number of carbonyl (C=O) groups is 2. The summed E-state index contributed by atoms with van der Waals surface area (Å²) in [5.41, 5.74) is 5.80. The number of hydrogen-bond donors (Lipinski definition) is 1. The second kappa shape index (κ2) is 9.92. The van der Waals surface area contributed by atoms with Gasteiger partial charge in [0, 0.05) is 51.0 Å². The molecule has 2 N–H and O–H groups in total. The Hall–Kier alpha value is -3.07. The van der Waals surface area contributed by atoms with Crippen LogP contribution < -0.4 is 15.5 Å². The van der Waals surface area contributed by atoms with Crippen molar-refractivity contribution in [2.75, 3.05) is 49.1 Å². The number of primary amides is 1. The topological polar surface area (TPSA) is 95.7 Å². The van der Waals surface area contributed by atoms with E-state index in [1.807, 2.05) is 12.1 Å². The number of amides is 2. The second-order valence-electron chi connectivity index (χ2n) is 6.94. The summed E-state index contributed by atoms with van der Waals surface area (Å²) in [6, 6.07) is 9.44. The van der Waals surface area contributed by atoms with Crippen LogP contribution in [0.4, 0.5) is 15.9 Å². The molecule has 1 fully saturated rings. The molecule has 0 saturated carbocycles. The Kier molecular flexibility index (Phi) is 7.07. The Balaban J connectivity index is 1.63. The van der Waals surface area contributed by atoms with Gasteiger partial charge in [-0.25, -0.2) is 4.39 Å². The zero-order valence-corrected chi connectivity index (χ0v) is 16.2. The minimum absolute atomic E-state index is 0.0452. The first-order valence-electron chi connectivity index (χ1n) is 9.62. The zero-order valence-electron chi connectivity index (χ0n) is 16.2. The van der Waals surface area contributed by atoms with E-state index in [9.17, 15) is 14.0 Å². The third kappa shape index (κ3) is 5.95. The standard InChI is InChI=1S/C20H25FN6O2/c21-16-4-6-17(7-5-16)27(12-8-18(22)28)20(29)15-25-10-2-11-26(14-13-25)19-3-1-9-23-24-19/h1,3-7,9H,2,8,10-15H2,(H2,22,28). The second-order valence-corrected chi connectivity index (χ2v) is 6.94. The molecule has 1 aromatic heterocycles. The Morgan fingerprint density at radius 1 is 1.10 bits per heavy atom. The summed E-state index contributed by atoms with van der Waals surface area (Å²) in [7, 11) is 0. The lowest BCUT2D eigenvalue weighted by Crippen LogP contribution is -2.43. The first kappa shape index (κ1) is 20.7. The van der Waals surface area contributed by atoms with Gasteiger partial charge in [-0.1, -0.05) is 0 Å². The van der Waals surface area contributed by atoms with Gasteiger partial charge in [-0.15, -0.1) is 5.10 Å². The van der Waals surface area contributed by atoms with Crippen LogP contribution in [0, 0.1) is 5.82 Å². The van der Waals surface area contributed by atoms with Crippen LogP contribution in [0.25, 0.3) is 0 Å². The highest BCUT2D eigenvalue weighted by Crippen LogP contribution is 2.17. The predicted molar refractivity (Wildman–Crippen MR) is 108 cm³/mol. The maximum atomic E-state index is 13.3. The fraction of sp³-hybridized carbons (Fsp3) is 0.400. The third-order valence-corrected chi connectivity index (χ3v) is 4.85. The zero-order chi connectivity index (χ0) is 20.6. The third-order valence-electron chi connectivity index (χ3n) is 4.85. The maximum absolute atomic E-state index is 13.3.